The van der Waals surface area contributed by atoms with Gasteiger partial charge in [0.2, 0.25) is 0 Å². The van der Waals surface area contributed by atoms with E-state index in [4.69, 9.17) is 15.5 Å². The molecule has 112 valence electrons. The summed E-state index contributed by atoms with van der Waals surface area (Å²) in [4.78, 5) is 11.7. The maximum Gasteiger partial charge on any atom is 0.258 e. The quantitative estimate of drug-likeness (QED) is 0.934. The van der Waals surface area contributed by atoms with E-state index in [1.807, 2.05) is 31.2 Å². The molecule has 1 aliphatic rings. The fourth-order valence-corrected chi connectivity index (χ4v) is 2.92. The summed E-state index contributed by atoms with van der Waals surface area (Å²) in [6, 6.07) is 8.23. The number of hydrogen-bond donors (Lipinski definition) is 1. The van der Waals surface area contributed by atoms with E-state index in [9.17, 15) is 0 Å². The molecule has 2 aromatic rings. The van der Waals surface area contributed by atoms with Gasteiger partial charge in [0.1, 0.15) is 0 Å². The summed E-state index contributed by atoms with van der Waals surface area (Å²) in [6.45, 7) is 4.16. The van der Waals surface area contributed by atoms with Gasteiger partial charge in [-0.1, -0.05) is 12.1 Å². The van der Waals surface area contributed by atoms with Gasteiger partial charge in [-0.25, -0.2) is 9.97 Å². The van der Waals surface area contributed by atoms with Crippen LogP contribution in [0.15, 0.2) is 24.3 Å². The largest absolute Gasteiger partial charge is 0.475 e. The zero-order chi connectivity index (χ0) is 14.7. The van der Waals surface area contributed by atoms with Crippen molar-refractivity contribution in [3.63, 3.8) is 0 Å². The predicted molar refractivity (Wildman–Crippen MR) is 84.7 cm³/mol. The zero-order valence-corrected chi connectivity index (χ0v) is 12.5. The van der Waals surface area contributed by atoms with Gasteiger partial charge in [0.25, 0.3) is 5.88 Å². The Kier molecular flexibility index (Phi) is 4.20. The minimum Gasteiger partial charge on any atom is -0.475 e. The number of nitrogens with zero attached hydrogens (tertiary/aromatic N) is 3. The normalized spacial score (nSPS) is 19.0. The molecule has 21 heavy (non-hydrogen) atoms. The lowest BCUT2D eigenvalue weighted by Crippen LogP contribution is -2.44. The van der Waals surface area contributed by atoms with Crippen molar-refractivity contribution in [3.8, 4) is 5.88 Å². The van der Waals surface area contributed by atoms with E-state index in [0.717, 1.165) is 36.2 Å². The van der Waals surface area contributed by atoms with Crippen LogP contribution in [-0.2, 0) is 0 Å². The van der Waals surface area contributed by atoms with Crippen LogP contribution in [0, 0.1) is 0 Å². The molecule has 0 radical (unpaired) electrons. The van der Waals surface area contributed by atoms with Crippen LogP contribution in [0.4, 0.5) is 5.82 Å². The van der Waals surface area contributed by atoms with E-state index in [-0.39, 0.29) is 0 Å². The molecule has 2 N–H and O–H groups in total. The molecule has 0 unspecified atom stereocenters. The highest BCUT2D eigenvalue weighted by Crippen LogP contribution is 2.31. The number of anilines is 1. The number of nitrogens with two attached hydrogens (primary N) is 1. The molecule has 1 aliphatic heterocycles. The molecule has 3 rings (SSSR count). The smallest absolute Gasteiger partial charge is 0.258 e. The van der Waals surface area contributed by atoms with Gasteiger partial charge in [0.05, 0.1) is 17.6 Å². The Morgan fingerprint density at radius 1 is 1.24 bits per heavy atom. The van der Waals surface area contributed by atoms with Crippen LogP contribution in [0.1, 0.15) is 26.2 Å². The molecule has 5 nitrogen and oxygen atoms in total. The molecule has 0 aliphatic carbocycles. The topological polar surface area (TPSA) is 64.3 Å². The number of fused-ring (bicyclic) bond motifs is 1. The highest BCUT2D eigenvalue weighted by atomic mass is 16.5. The Morgan fingerprint density at radius 2 is 2.00 bits per heavy atom. The fourth-order valence-electron chi connectivity index (χ4n) is 2.92. The molecule has 1 aromatic carbocycles. The fraction of sp³-hybridized carbons (Fsp3) is 0.500. The Balaban J connectivity index is 2.07. The molecule has 0 saturated carbocycles. The second kappa shape index (κ2) is 6.26. The summed E-state index contributed by atoms with van der Waals surface area (Å²) in [6.07, 6.45) is 3.50. The lowest BCUT2D eigenvalue weighted by Gasteiger charge is -2.36. The predicted octanol–water partition coefficient (Wildman–Crippen LogP) is 2.35. The van der Waals surface area contributed by atoms with Crippen molar-refractivity contribution in [2.24, 2.45) is 5.73 Å². The second-order valence-electron chi connectivity index (χ2n) is 5.35. The molecule has 2 heterocycles. The molecule has 1 aromatic heterocycles. The number of benzene rings is 1. The average Bonchev–Trinajstić information content (AvgIpc) is 2.54. The van der Waals surface area contributed by atoms with E-state index in [2.05, 4.69) is 9.88 Å². The molecule has 0 bridgehead atoms. The maximum atomic E-state index is 5.94. The Labute approximate surface area is 125 Å². The van der Waals surface area contributed by atoms with Crippen molar-refractivity contribution in [2.45, 2.75) is 32.2 Å². The molecule has 0 spiro atoms. The lowest BCUT2D eigenvalue weighted by molar-refractivity contribution is 0.324. The molecule has 0 amide bonds. The standard InChI is InChI=1S/C16H22N4O/c1-2-21-16-15(20-10-6-5-7-12(20)11-17)18-13-8-3-4-9-14(13)19-16/h3-4,8-9,12H,2,5-7,10-11,17H2,1H3/t12-/m0/s1. The summed E-state index contributed by atoms with van der Waals surface area (Å²) in [5.74, 6) is 1.46. The summed E-state index contributed by atoms with van der Waals surface area (Å²) in [7, 11) is 0. The van der Waals surface area contributed by atoms with Crippen molar-refractivity contribution in [3.05, 3.63) is 24.3 Å². The molecule has 1 saturated heterocycles. The SMILES string of the molecule is CCOc1nc2ccccc2nc1N1CCCC[C@H]1CN. The van der Waals surface area contributed by atoms with E-state index in [0.29, 0.717) is 25.1 Å². The van der Waals surface area contributed by atoms with Crippen LogP contribution >= 0.6 is 0 Å². The third-order valence-electron chi connectivity index (χ3n) is 3.97. The molecule has 1 fully saturated rings. The van der Waals surface area contributed by atoms with Gasteiger partial charge in [0.15, 0.2) is 5.82 Å². The summed E-state index contributed by atoms with van der Waals surface area (Å²) in [5, 5.41) is 0. The van der Waals surface area contributed by atoms with Crippen LogP contribution < -0.4 is 15.4 Å². The summed E-state index contributed by atoms with van der Waals surface area (Å²) >= 11 is 0. The lowest BCUT2D eigenvalue weighted by atomic mass is 10.0. The van der Waals surface area contributed by atoms with E-state index in [1.54, 1.807) is 0 Å². The zero-order valence-electron chi connectivity index (χ0n) is 12.5. The second-order valence-corrected chi connectivity index (χ2v) is 5.35. The van der Waals surface area contributed by atoms with Crippen molar-refractivity contribution in [1.29, 1.82) is 0 Å². The highest BCUT2D eigenvalue weighted by molar-refractivity contribution is 5.77. The maximum absolute atomic E-state index is 5.94. The van der Waals surface area contributed by atoms with Gasteiger partial charge in [0, 0.05) is 19.1 Å². The van der Waals surface area contributed by atoms with E-state index >= 15 is 0 Å². The van der Waals surface area contributed by atoms with Gasteiger partial charge in [-0.3, -0.25) is 0 Å². The van der Waals surface area contributed by atoms with Crippen LogP contribution in [0.3, 0.4) is 0 Å². The molecular formula is C16H22N4O. The van der Waals surface area contributed by atoms with Crippen molar-refractivity contribution in [2.75, 3.05) is 24.6 Å². The third kappa shape index (κ3) is 2.78. The van der Waals surface area contributed by atoms with Gasteiger partial charge in [-0.2, -0.15) is 0 Å². The van der Waals surface area contributed by atoms with Crippen molar-refractivity contribution in [1.82, 2.24) is 9.97 Å². The Hall–Kier alpha value is -1.88. The minimum absolute atomic E-state index is 0.327. The highest BCUT2D eigenvalue weighted by Gasteiger charge is 2.26. The van der Waals surface area contributed by atoms with E-state index in [1.165, 1.54) is 6.42 Å². The first-order valence-corrected chi connectivity index (χ1v) is 7.69. The van der Waals surface area contributed by atoms with Crippen LogP contribution in [0.2, 0.25) is 0 Å². The van der Waals surface area contributed by atoms with Gasteiger partial charge in [-0.05, 0) is 38.3 Å². The van der Waals surface area contributed by atoms with E-state index < -0.39 is 0 Å². The first-order valence-electron chi connectivity index (χ1n) is 7.69. The summed E-state index contributed by atoms with van der Waals surface area (Å²) < 4.78 is 5.74. The van der Waals surface area contributed by atoms with Crippen molar-refractivity contribution >= 4 is 16.9 Å². The Morgan fingerprint density at radius 3 is 2.71 bits per heavy atom. The van der Waals surface area contributed by atoms with Gasteiger partial charge in [-0.15, -0.1) is 0 Å². The van der Waals surface area contributed by atoms with Gasteiger partial charge < -0.3 is 15.4 Å². The number of hydrogen-bond acceptors (Lipinski definition) is 5. The number of para-hydroxylation sites is 2. The average molecular weight is 286 g/mol. The number of rotatable bonds is 4. The van der Waals surface area contributed by atoms with Crippen LogP contribution in [0.5, 0.6) is 5.88 Å². The molecular weight excluding hydrogens is 264 g/mol. The monoisotopic (exact) mass is 286 g/mol. The number of piperidine rings is 1. The third-order valence-corrected chi connectivity index (χ3v) is 3.97. The van der Waals surface area contributed by atoms with Gasteiger partial charge >= 0.3 is 0 Å². The number of aromatic nitrogens is 2. The first-order chi connectivity index (χ1) is 10.3. The van der Waals surface area contributed by atoms with Crippen molar-refractivity contribution < 1.29 is 4.74 Å². The van der Waals surface area contributed by atoms with Crippen LogP contribution in [0.25, 0.3) is 11.0 Å². The summed E-state index contributed by atoms with van der Waals surface area (Å²) in [5.41, 5.74) is 7.70. The first kappa shape index (κ1) is 14.1. The molecule has 1 atom stereocenters. The molecule has 5 heteroatoms. The van der Waals surface area contributed by atoms with Crippen LogP contribution in [-0.4, -0.2) is 35.7 Å². The Bertz CT molecular complexity index is 616. The number of ether oxygens (including phenoxy) is 1. The minimum atomic E-state index is 0.327.